The van der Waals surface area contributed by atoms with Gasteiger partial charge in [0, 0.05) is 11.5 Å². The van der Waals surface area contributed by atoms with Crippen LogP contribution in [0.2, 0.25) is 0 Å². The van der Waals surface area contributed by atoms with E-state index in [1.165, 1.54) is 44.1 Å². The molecule has 0 aromatic heterocycles. The van der Waals surface area contributed by atoms with Crippen LogP contribution in [0, 0.1) is 17.8 Å². The summed E-state index contributed by atoms with van der Waals surface area (Å²) in [6, 6.07) is 4.26. The highest BCUT2D eigenvalue weighted by atomic mass is 16.5. The topological polar surface area (TPSA) is 29.5 Å². The zero-order valence-electron chi connectivity index (χ0n) is 17.4. The number of fused-ring (bicyclic) bond motifs is 2. The molecule has 1 aliphatic heterocycles. The van der Waals surface area contributed by atoms with E-state index in [4.69, 9.17) is 4.74 Å². The lowest BCUT2D eigenvalue weighted by molar-refractivity contribution is 0.0389. The molecule has 0 amide bonds. The third-order valence-corrected chi connectivity index (χ3v) is 7.27. The largest absolute Gasteiger partial charge is 0.508 e. The molecule has 1 saturated carbocycles. The van der Waals surface area contributed by atoms with Gasteiger partial charge in [0.05, 0.1) is 0 Å². The van der Waals surface area contributed by atoms with Gasteiger partial charge in [0.1, 0.15) is 17.6 Å². The van der Waals surface area contributed by atoms with E-state index in [2.05, 4.69) is 40.7 Å². The summed E-state index contributed by atoms with van der Waals surface area (Å²) in [4.78, 5) is 0. The normalized spacial score (nSPS) is 30.0. The Morgan fingerprint density at radius 2 is 1.92 bits per heavy atom. The molecule has 1 fully saturated rings. The molecule has 6 atom stereocenters. The predicted molar refractivity (Wildman–Crippen MR) is 109 cm³/mol. The number of hydrogen-bond acceptors (Lipinski definition) is 2. The van der Waals surface area contributed by atoms with Crippen molar-refractivity contribution in [3.05, 3.63) is 23.3 Å². The van der Waals surface area contributed by atoms with Crippen molar-refractivity contribution in [3.63, 3.8) is 0 Å². The summed E-state index contributed by atoms with van der Waals surface area (Å²) in [5.74, 6) is 4.18. The van der Waals surface area contributed by atoms with E-state index in [1.54, 1.807) is 0 Å². The Hall–Kier alpha value is -1.18. The molecule has 1 heterocycles. The maximum atomic E-state index is 10.8. The Balaban J connectivity index is 1.82. The van der Waals surface area contributed by atoms with Crippen LogP contribution in [-0.4, -0.2) is 11.2 Å². The number of hydrogen-bond donors (Lipinski definition) is 1. The first-order chi connectivity index (χ1) is 12.4. The quantitative estimate of drug-likeness (QED) is 0.554. The van der Waals surface area contributed by atoms with Gasteiger partial charge in [-0.2, -0.15) is 0 Å². The molecule has 2 nitrogen and oxygen atoms in total. The van der Waals surface area contributed by atoms with Gasteiger partial charge in [-0.05, 0) is 54.2 Å². The van der Waals surface area contributed by atoms with Crippen LogP contribution in [-0.2, 0) is 0 Å². The van der Waals surface area contributed by atoms with Crippen molar-refractivity contribution in [3.8, 4) is 11.5 Å². The zero-order chi connectivity index (χ0) is 18.8. The Bertz CT molecular complexity index is 608. The number of unbranched alkanes of at least 4 members (excludes halogenated alkanes) is 2. The molecule has 1 aromatic rings. The van der Waals surface area contributed by atoms with Crippen LogP contribution in [0.3, 0.4) is 0 Å². The first-order valence-corrected chi connectivity index (χ1v) is 11.0. The molecule has 6 unspecified atom stereocenters. The first-order valence-electron chi connectivity index (χ1n) is 11.0. The van der Waals surface area contributed by atoms with Crippen molar-refractivity contribution in [2.45, 2.75) is 97.5 Å². The van der Waals surface area contributed by atoms with Crippen molar-refractivity contribution in [1.82, 2.24) is 0 Å². The predicted octanol–water partition coefficient (Wildman–Crippen LogP) is 7.01. The van der Waals surface area contributed by atoms with Crippen LogP contribution in [0.25, 0.3) is 0 Å². The second kappa shape index (κ2) is 8.23. The van der Waals surface area contributed by atoms with Crippen LogP contribution in [0.4, 0.5) is 0 Å². The standard InChI is InChI=1S/C24H38O2/c1-6-7-8-9-16(3)17(4)19-13-21(25)24-18(5)20-11-10-15(2)12-22(20)26-23(24)14-19/h13-18,20,22,25H,6-12H2,1-5H3. The third kappa shape index (κ3) is 3.89. The molecular formula is C24H38O2. The van der Waals surface area contributed by atoms with E-state index in [1.807, 2.05) is 6.07 Å². The zero-order valence-corrected chi connectivity index (χ0v) is 17.4. The number of phenols is 1. The van der Waals surface area contributed by atoms with Crippen molar-refractivity contribution in [2.75, 3.05) is 0 Å². The van der Waals surface area contributed by atoms with Gasteiger partial charge in [-0.25, -0.2) is 0 Å². The minimum Gasteiger partial charge on any atom is -0.508 e. The van der Waals surface area contributed by atoms with Gasteiger partial charge in [-0.15, -0.1) is 0 Å². The fourth-order valence-corrected chi connectivity index (χ4v) is 5.18. The van der Waals surface area contributed by atoms with Gasteiger partial charge in [-0.1, -0.05) is 66.7 Å². The van der Waals surface area contributed by atoms with Gasteiger partial charge in [-0.3, -0.25) is 0 Å². The average Bonchev–Trinajstić information content (AvgIpc) is 2.60. The molecule has 0 saturated heterocycles. The van der Waals surface area contributed by atoms with Gasteiger partial charge >= 0.3 is 0 Å². The Labute approximate surface area is 160 Å². The second-order valence-electron chi connectivity index (χ2n) is 9.24. The van der Waals surface area contributed by atoms with Crippen molar-refractivity contribution in [2.24, 2.45) is 17.8 Å². The summed E-state index contributed by atoms with van der Waals surface area (Å²) in [5.41, 5.74) is 2.29. The smallest absolute Gasteiger partial charge is 0.127 e. The average molecular weight is 359 g/mol. The number of rotatable bonds is 6. The maximum Gasteiger partial charge on any atom is 0.127 e. The van der Waals surface area contributed by atoms with Gasteiger partial charge in [0.15, 0.2) is 0 Å². The molecule has 3 rings (SSSR count). The summed E-state index contributed by atoms with van der Waals surface area (Å²) in [5, 5.41) is 10.8. The molecule has 1 N–H and O–H groups in total. The van der Waals surface area contributed by atoms with E-state index < -0.39 is 0 Å². The number of phenolic OH excluding ortho intramolecular Hbond substituents is 1. The molecule has 2 aliphatic rings. The van der Waals surface area contributed by atoms with Crippen molar-refractivity contribution in [1.29, 1.82) is 0 Å². The Morgan fingerprint density at radius 3 is 2.65 bits per heavy atom. The summed E-state index contributed by atoms with van der Waals surface area (Å²) < 4.78 is 6.47. The lowest BCUT2D eigenvalue weighted by atomic mass is 9.70. The van der Waals surface area contributed by atoms with Crippen LogP contribution < -0.4 is 4.74 Å². The molecule has 1 aliphatic carbocycles. The number of aromatic hydroxyl groups is 1. The molecule has 0 radical (unpaired) electrons. The highest BCUT2D eigenvalue weighted by Gasteiger charge is 2.40. The van der Waals surface area contributed by atoms with E-state index in [0.29, 0.717) is 35.5 Å². The SMILES string of the molecule is CCCCCC(C)C(C)c1cc(O)c2c(c1)OC1CC(C)CCC1C2C. The molecule has 26 heavy (non-hydrogen) atoms. The summed E-state index contributed by atoms with van der Waals surface area (Å²) in [7, 11) is 0. The summed E-state index contributed by atoms with van der Waals surface area (Å²) in [6.45, 7) is 11.5. The molecule has 2 heteroatoms. The summed E-state index contributed by atoms with van der Waals surface area (Å²) >= 11 is 0. The lowest BCUT2D eigenvalue weighted by Gasteiger charge is -2.43. The lowest BCUT2D eigenvalue weighted by Crippen LogP contribution is -2.39. The summed E-state index contributed by atoms with van der Waals surface area (Å²) in [6.07, 6.45) is 9.13. The molecule has 0 bridgehead atoms. The van der Waals surface area contributed by atoms with E-state index in [9.17, 15) is 5.11 Å². The molecular weight excluding hydrogens is 320 g/mol. The maximum absolute atomic E-state index is 10.8. The van der Waals surface area contributed by atoms with Gasteiger partial charge in [0.2, 0.25) is 0 Å². The van der Waals surface area contributed by atoms with E-state index >= 15 is 0 Å². The minimum atomic E-state index is 0.327. The molecule has 1 aromatic carbocycles. The Kier molecular flexibility index (Phi) is 6.20. The van der Waals surface area contributed by atoms with Crippen LogP contribution in [0.5, 0.6) is 11.5 Å². The molecule has 146 valence electrons. The van der Waals surface area contributed by atoms with Crippen LogP contribution in [0.15, 0.2) is 12.1 Å². The van der Waals surface area contributed by atoms with E-state index in [-0.39, 0.29) is 0 Å². The Morgan fingerprint density at radius 1 is 1.15 bits per heavy atom. The third-order valence-electron chi connectivity index (χ3n) is 7.27. The second-order valence-corrected chi connectivity index (χ2v) is 9.24. The van der Waals surface area contributed by atoms with Gasteiger partial charge in [0.25, 0.3) is 0 Å². The fraction of sp³-hybridized carbons (Fsp3) is 0.750. The highest BCUT2D eigenvalue weighted by molar-refractivity contribution is 5.51. The van der Waals surface area contributed by atoms with Crippen LogP contribution in [0.1, 0.15) is 103 Å². The van der Waals surface area contributed by atoms with Gasteiger partial charge < -0.3 is 9.84 Å². The minimum absolute atomic E-state index is 0.327. The first kappa shape index (κ1) is 19.6. The fourth-order valence-electron chi connectivity index (χ4n) is 5.18. The number of benzene rings is 1. The number of ether oxygens (including phenoxy) is 1. The highest BCUT2D eigenvalue weighted by Crippen LogP contribution is 2.50. The van der Waals surface area contributed by atoms with Crippen LogP contribution >= 0.6 is 0 Å². The molecule has 0 spiro atoms. The van der Waals surface area contributed by atoms with E-state index in [0.717, 1.165) is 23.7 Å². The monoisotopic (exact) mass is 358 g/mol. The van der Waals surface area contributed by atoms with Crippen molar-refractivity contribution < 1.29 is 9.84 Å². The van der Waals surface area contributed by atoms with Crippen molar-refractivity contribution >= 4 is 0 Å².